The van der Waals surface area contributed by atoms with Crippen molar-refractivity contribution in [1.29, 1.82) is 0 Å². The Hall–Kier alpha value is -3.24. The molecule has 1 heterocycles. The van der Waals surface area contributed by atoms with Gasteiger partial charge in [0, 0.05) is 13.0 Å². The molecule has 4 N–H and O–H groups in total. The van der Waals surface area contributed by atoms with Crippen molar-refractivity contribution < 1.29 is 56.2 Å². The molecule has 6 unspecified atom stereocenters. The van der Waals surface area contributed by atoms with Crippen LogP contribution in [0, 0.1) is 0 Å². The number of rotatable bonds is 43. The third-order valence-electron chi connectivity index (χ3n) is 10.9. The van der Waals surface area contributed by atoms with E-state index < -0.39 is 59.8 Å². The van der Waals surface area contributed by atoms with Gasteiger partial charge in [0.2, 0.25) is 0 Å². The minimum absolute atomic E-state index is 0.00110. The number of aliphatic hydroxyl groups is 3. The number of aliphatic hydroxyl groups excluding tert-OH is 3. The van der Waals surface area contributed by atoms with E-state index >= 15 is 0 Å². The van der Waals surface area contributed by atoms with Crippen molar-refractivity contribution in [1.82, 2.24) is 0 Å². The van der Waals surface area contributed by atoms with Crippen molar-refractivity contribution in [2.24, 2.45) is 0 Å². The van der Waals surface area contributed by atoms with Gasteiger partial charge in [0.25, 0.3) is 0 Å². The Morgan fingerprint density at radius 1 is 0.574 bits per heavy atom. The first-order valence-electron chi connectivity index (χ1n) is 25.6. The Kier molecular flexibility index (Phi) is 41.5. The molecule has 0 aliphatic carbocycles. The molecule has 1 aliphatic heterocycles. The van der Waals surface area contributed by atoms with Crippen molar-refractivity contribution in [3.8, 4) is 0 Å². The summed E-state index contributed by atoms with van der Waals surface area (Å²) in [5.74, 6) is -0.463. The fourth-order valence-corrected chi connectivity index (χ4v) is 7.55. The Labute approximate surface area is 411 Å². The van der Waals surface area contributed by atoms with Crippen molar-refractivity contribution in [3.05, 3.63) is 109 Å². The smallest absolute Gasteiger partial charge is 0.397 e. The highest BCUT2D eigenvalue weighted by Gasteiger charge is 2.48. The van der Waals surface area contributed by atoms with Gasteiger partial charge in [-0.2, -0.15) is 8.42 Å². The van der Waals surface area contributed by atoms with Crippen LogP contribution < -0.4 is 0 Å². The second-order valence-electron chi connectivity index (χ2n) is 17.0. The van der Waals surface area contributed by atoms with Crippen LogP contribution in [0.25, 0.3) is 0 Å². The minimum atomic E-state index is -5.08. The molecule has 0 aromatic carbocycles. The van der Waals surface area contributed by atoms with Gasteiger partial charge >= 0.3 is 16.4 Å². The lowest BCUT2D eigenvalue weighted by Gasteiger charge is -2.41. The topological polar surface area (TPSA) is 178 Å². The lowest BCUT2D eigenvalue weighted by Crippen LogP contribution is -2.60. The lowest BCUT2D eigenvalue weighted by molar-refractivity contribution is -0.301. The van der Waals surface area contributed by atoms with Gasteiger partial charge in [0.1, 0.15) is 30.5 Å². The van der Waals surface area contributed by atoms with E-state index in [1.54, 1.807) is 0 Å². The van der Waals surface area contributed by atoms with Crippen LogP contribution in [-0.2, 0) is 38.3 Å². The molecule has 0 aromatic rings. The molecule has 1 fully saturated rings. The molecule has 1 aliphatic rings. The third kappa shape index (κ3) is 37.6. The average Bonchev–Trinajstić information content (AvgIpc) is 3.31. The molecule has 0 aromatic heterocycles. The summed E-state index contributed by atoms with van der Waals surface area (Å²) in [5, 5.41) is 30.8. The van der Waals surface area contributed by atoms with Gasteiger partial charge in [0.15, 0.2) is 6.29 Å². The highest BCUT2D eigenvalue weighted by atomic mass is 32.3. The van der Waals surface area contributed by atoms with Crippen LogP contribution in [0.2, 0.25) is 0 Å². The SMILES string of the molecule is CC/C=C\C/C=C\C/C=C\C/C=C\C/C=C\C/C=C\C/C=C\CCCC(=O)OC(COCCCCCCCCCC/C=C\C/C=C\CCCCC)COC1OC(CO)C(O)C(OS(=O)(=O)O)C1O. The molecular weight excluding hydrogens is 885 g/mol. The van der Waals surface area contributed by atoms with Crippen LogP contribution in [-0.4, -0.2) is 97.5 Å². The average molecular weight is 975 g/mol. The van der Waals surface area contributed by atoms with Gasteiger partial charge in [0.05, 0.1) is 19.8 Å². The largest absolute Gasteiger partial charge is 0.457 e. The zero-order chi connectivity index (χ0) is 49.6. The predicted octanol–water partition coefficient (Wildman–Crippen LogP) is 12.0. The second kappa shape index (κ2) is 44.9. The van der Waals surface area contributed by atoms with Crippen LogP contribution >= 0.6 is 0 Å². The van der Waals surface area contributed by atoms with E-state index in [1.165, 1.54) is 57.8 Å². The first-order valence-corrected chi connectivity index (χ1v) is 27.0. The summed E-state index contributed by atoms with van der Waals surface area (Å²) in [6, 6.07) is 0. The quantitative estimate of drug-likeness (QED) is 0.0197. The molecule has 1 saturated heterocycles. The Balaban J connectivity index is 2.44. The van der Waals surface area contributed by atoms with Gasteiger partial charge in [-0.15, -0.1) is 0 Å². The molecule has 12 nitrogen and oxygen atoms in total. The van der Waals surface area contributed by atoms with E-state index in [0.717, 1.165) is 77.0 Å². The maximum Gasteiger partial charge on any atom is 0.397 e. The zero-order valence-corrected chi connectivity index (χ0v) is 42.4. The molecule has 0 radical (unpaired) electrons. The summed E-state index contributed by atoms with van der Waals surface area (Å²) in [4.78, 5) is 12.9. The minimum Gasteiger partial charge on any atom is -0.457 e. The number of esters is 1. The normalized spacial score (nSPS) is 20.2. The lowest BCUT2D eigenvalue weighted by atomic mass is 9.99. The van der Waals surface area contributed by atoms with Crippen molar-refractivity contribution in [2.45, 2.75) is 205 Å². The van der Waals surface area contributed by atoms with Crippen LogP contribution in [0.3, 0.4) is 0 Å². The van der Waals surface area contributed by atoms with Crippen LogP contribution in [0.15, 0.2) is 109 Å². The van der Waals surface area contributed by atoms with E-state index in [9.17, 15) is 33.1 Å². The van der Waals surface area contributed by atoms with E-state index in [-0.39, 0.29) is 19.6 Å². The molecule has 388 valence electrons. The first-order chi connectivity index (χ1) is 33.1. The molecule has 13 heteroatoms. The highest BCUT2D eigenvalue weighted by molar-refractivity contribution is 7.80. The maximum atomic E-state index is 12.9. The van der Waals surface area contributed by atoms with E-state index in [2.05, 4.69) is 121 Å². The third-order valence-corrected chi connectivity index (χ3v) is 11.3. The highest BCUT2D eigenvalue weighted by Crippen LogP contribution is 2.26. The van der Waals surface area contributed by atoms with Gasteiger partial charge in [-0.1, -0.05) is 175 Å². The van der Waals surface area contributed by atoms with Gasteiger partial charge in [-0.05, 0) is 96.3 Å². The Bertz CT molecular complexity index is 1590. The van der Waals surface area contributed by atoms with Gasteiger partial charge in [-0.3, -0.25) is 9.35 Å². The number of hydrogen-bond donors (Lipinski definition) is 4. The second-order valence-corrected chi connectivity index (χ2v) is 18.1. The zero-order valence-electron chi connectivity index (χ0n) is 41.6. The number of carbonyl (C=O) groups is 1. The monoisotopic (exact) mass is 975 g/mol. The molecule has 0 saturated carbocycles. The van der Waals surface area contributed by atoms with E-state index in [1.807, 2.05) is 6.08 Å². The first kappa shape index (κ1) is 62.8. The molecule has 1 rings (SSSR count). The van der Waals surface area contributed by atoms with Crippen molar-refractivity contribution in [2.75, 3.05) is 26.4 Å². The molecule has 0 amide bonds. The molecule has 0 spiro atoms. The summed E-state index contributed by atoms with van der Waals surface area (Å²) in [5.41, 5.74) is 0. The maximum absolute atomic E-state index is 12.9. The Morgan fingerprint density at radius 3 is 1.49 bits per heavy atom. The van der Waals surface area contributed by atoms with Crippen molar-refractivity contribution >= 4 is 16.4 Å². The standard InChI is InChI=1S/C55H90O12S/c1-3-5-7-9-11-13-15-17-19-21-23-24-25-26-27-28-30-32-34-36-38-40-42-44-51(57)65-49(48-64-55-53(59)54(67-68(60,61)62)52(58)50(46-56)66-55)47-63-45-43-41-39-37-35-33-31-29-22-20-18-16-14-12-10-8-6-4-2/h5,7,11-14,17-20,23-24,26-27,30,32,36,38,49-50,52-56,58-59H,3-4,6,8-10,15-16,21-22,25,28-29,31,33-35,37,39-48H2,1-2H3,(H,60,61,62)/b7-5-,13-11-,14-12-,19-17-,20-18-,24-23-,27-26-,32-30-,38-36-. The molecule has 68 heavy (non-hydrogen) atoms. The summed E-state index contributed by atoms with van der Waals surface area (Å²) in [7, 11) is -5.08. The number of unbranched alkanes of at least 4 members (excludes halogenated alkanes) is 12. The number of hydrogen-bond acceptors (Lipinski definition) is 11. The number of carbonyl (C=O) groups excluding carboxylic acids is 1. The molecule has 0 bridgehead atoms. The molecule has 6 atom stereocenters. The summed E-state index contributed by atoms with van der Waals surface area (Å²) in [6.07, 6.45) is 54.1. The van der Waals surface area contributed by atoms with Crippen molar-refractivity contribution in [3.63, 3.8) is 0 Å². The Morgan fingerprint density at radius 2 is 1.01 bits per heavy atom. The van der Waals surface area contributed by atoms with Crippen LogP contribution in [0.4, 0.5) is 0 Å². The fourth-order valence-electron chi connectivity index (χ4n) is 7.04. The fraction of sp³-hybridized carbons (Fsp3) is 0.655. The predicted molar refractivity (Wildman–Crippen MR) is 275 cm³/mol. The van der Waals surface area contributed by atoms with Gasteiger partial charge < -0.3 is 34.3 Å². The summed E-state index contributed by atoms with van der Waals surface area (Å²) < 4.78 is 59.2. The van der Waals surface area contributed by atoms with Gasteiger partial charge in [-0.25, -0.2) is 4.18 Å². The summed E-state index contributed by atoms with van der Waals surface area (Å²) in [6.45, 7) is 3.75. The van der Waals surface area contributed by atoms with E-state index in [4.69, 9.17) is 18.9 Å². The number of ether oxygens (including phenoxy) is 4. The molecular formula is C55H90O12S. The number of allylic oxidation sites excluding steroid dienone is 18. The summed E-state index contributed by atoms with van der Waals surface area (Å²) >= 11 is 0. The van der Waals surface area contributed by atoms with Crippen LogP contribution in [0.1, 0.15) is 168 Å². The van der Waals surface area contributed by atoms with Crippen LogP contribution in [0.5, 0.6) is 0 Å². The van der Waals surface area contributed by atoms with E-state index in [0.29, 0.717) is 19.4 Å².